The molecule has 1 aromatic rings. The Labute approximate surface area is 118 Å². The quantitative estimate of drug-likeness (QED) is 0.684. The molecule has 1 rings (SSSR count). The lowest BCUT2D eigenvalue weighted by Crippen LogP contribution is -2.26. The summed E-state index contributed by atoms with van der Waals surface area (Å²) in [6.45, 7) is 9.14. The molecule has 1 N–H and O–H groups in total. The van der Waals surface area contributed by atoms with E-state index in [0.29, 0.717) is 0 Å². The van der Waals surface area contributed by atoms with Crippen molar-refractivity contribution in [3.8, 4) is 0 Å². The van der Waals surface area contributed by atoms with Crippen LogP contribution in [0.4, 0.5) is 0 Å². The second-order valence-electron chi connectivity index (χ2n) is 5.10. The van der Waals surface area contributed by atoms with Crippen molar-refractivity contribution in [2.75, 3.05) is 13.1 Å². The summed E-state index contributed by atoms with van der Waals surface area (Å²) in [4.78, 5) is 1.49. The van der Waals surface area contributed by atoms with Gasteiger partial charge in [-0.2, -0.15) is 0 Å². The SMILES string of the molecule is CCCNCC(Cc1sccc1Br)CC(C)C. The third-order valence-corrected chi connectivity index (χ3v) is 4.78. The molecule has 0 saturated carbocycles. The standard InChI is InChI=1S/C14H24BrNS/c1-4-6-16-10-12(8-11(2)3)9-14-13(15)5-7-17-14/h5,7,11-12,16H,4,6,8-10H2,1-3H3. The lowest BCUT2D eigenvalue weighted by atomic mass is 9.93. The van der Waals surface area contributed by atoms with Gasteiger partial charge in [0.25, 0.3) is 0 Å². The molecule has 1 nitrogen and oxygen atoms in total. The van der Waals surface area contributed by atoms with Crippen LogP contribution in [-0.2, 0) is 6.42 Å². The second-order valence-corrected chi connectivity index (χ2v) is 6.95. The van der Waals surface area contributed by atoms with Gasteiger partial charge in [0.05, 0.1) is 0 Å². The Morgan fingerprint density at radius 2 is 2.18 bits per heavy atom. The van der Waals surface area contributed by atoms with Gasteiger partial charge >= 0.3 is 0 Å². The van der Waals surface area contributed by atoms with E-state index in [9.17, 15) is 0 Å². The van der Waals surface area contributed by atoms with E-state index in [1.165, 1.54) is 28.6 Å². The molecule has 0 aromatic carbocycles. The number of rotatable bonds is 8. The topological polar surface area (TPSA) is 12.0 Å². The van der Waals surface area contributed by atoms with Crippen LogP contribution in [0.2, 0.25) is 0 Å². The van der Waals surface area contributed by atoms with E-state index in [1.54, 1.807) is 0 Å². The van der Waals surface area contributed by atoms with Crippen LogP contribution in [0, 0.1) is 11.8 Å². The van der Waals surface area contributed by atoms with Crippen molar-refractivity contribution >= 4 is 27.3 Å². The van der Waals surface area contributed by atoms with Crippen LogP contribution < -0.4 is 5.32 Å². The van der Waals surface area contributed by atoms with Gasteiger partial charge in [0, 0.05) is 9.35 Å². The number of hydrogen-bond acceptors (Lipinski definition) is 2. The normalized spacial score (nSPS) is 13.2. The zero-order valence-electron chi connectivity index (χ0n) is 11.1. The van der Waals surface area contributed by atoms with Crippen LogP contribution in [0.1, 0.15) is 38.5 Å². The molecule has 0 aliphatic heterocycles. The van der Waals surface area contributed by atoms with Crippen molar-refractivity contribution in [2.24, 2.45) is 11.8 Å². The monoisotopic (exact) mass is 317 g/mol. The fourth-order valence-corrected chi connectivity index (χ4v) is 3.75. The lowest BCUT2D eigenvalue weighted by Gasteiger charge is -2.19. The van der Waals surface area contributed by atoms with Crippen molar-refractivity contribution in [3.63, 3.8) is 0 Å². The summed E-state index contributed by atoms with van der Waals surface area (Å²) in [5.74, 6) is 1.54. The van der Waals surface area contributed by atoms with Gasteiger partial charge in [0.15, 0.2) is 0 Å². The van der Waals surface area contributed by atoms with Gasteiger partial charge in [-0.3, -0.25) is 0 Å². The Morgan fingerprint density at radius 3 is 2.71 bits per heavy atom. The first-order chi connectivity index (χ1) is 8.13. The van der Waals surface area contributed by atoms with Gasteiger partial charge in [-0.05, 0) is 71.6 Å². The predicted octanol–water partition coefficient (Wildman–Crippen LogP) is 4.72. The summed E-state index contributed by atoms with van der Waals surface area (Å²) >= 11 is 5.50. The fraction of sp³-hybridized carbons (Fsp3) is 0.714. The van der Waals surface area contributed by atoms with Gasteiger partial charge < -0.3 is 5.32 Å². The average Bonchev–Trinajstić information content (AvgIpc) is 2.64. The summed E-state index contributed by atoms with van der Waals surface area (Å²) in [5.41, 5.74) is 0. The summed E-state index contributed by atoms with van der Waals surface area (Å²) in [5, 5.41) is 5.73. The zero-order valence-corrected chi connectivity index (χ0v) is 13.5. The van der Waals surface area contributed by atoms with Gasteiger partial charge in [0.2, 0.25) is 0 Å². The third kappa shape index (κ3) is 6.03. The Balaban J connectivity index is 2.48. The molecule has 0 fully saturated rings. The average molecular weight is 318 g/mol. The molecule has 0 radical (unpaired) electrons. The minimum Gasteiger partial charge on any atom is -0.316 e. The summed E-state index contributed by atoms with van der Waals surface area (Å²) < 4.78 is 1.28. The van der Waals surface area contributed by atoms with Crippen LogP contribution in [0.25, 0.3) is 0 Å². The molecule has 0 amide bonds. The second kappa shape index (κ2) is 8.28. The Kier molecular flexibility index (Phi) is 7.40. The van der Waals surface area contributed by atoms with Crippen molar-refractivity contribution in [1.82, 2.24) is 5.32 Å². The number of nitrogens with one attached hydrogen (secondary N) is 1. The predicted molar refractivity (Wildman–Crippen MR) is 81.8 cm³/mol. The van der Waals surface area contributed by atoms with Crippen molar-refractivity contribution in [1.29, 1.82) is 0 Å². The number of halogens is 1. The maximum atomic E-state index is 3.63. The molecule has 0 spiro atoms. The highest BCUT2D eigenvalue weighted by Crippen LogP contribution is 2.27. The Morgan fingerprint density at radius 1 is 1.41 bits per heavy atom. The van der Waals surface area contributed by atoms with Gasteiger partial charge in [-0.1, -0.05) is 20.8 Å². The molecular weight excluding hydrogens is 294 g/mol. The number of hydrogen-bond donors (Lipinski definition) is 1. The van der Waals surface area contributed by atoms with E-state index in [-0.39, 0.29) is 0 Å². The molecule has 0 aliphatic carbocycles. The van der Waals surface area contributed by atoms with E-state index >= 15 is 0 Å². The van der Waals surface area contributed by atoms with E-state index < -0.39 is 0 Å². The lowest BCUT2D eigenvalue weighted by molar-refractivity contribution is 0.387. The highest BCUT2D eigenvalue weighted by atomic mass is 79.9. The fourth-order valence-electron chi connectivity index (χ4n) is 2.12. The van der Waals surface area contributed by atoms with Crippen molar-refractivity contribution in [2.45, 2.75) is 40.0 Å². The molecule has 0 aliphatic rings. The highest BCUT2D eigenvalue weighted by Gasteiger charge is 2.14. The zero-order chi connectivity index (χ0) is 12.7. The molecule has 98 valence electrons. The molecule has 0 bridgehead atoms. The van der Waals surface area contributed by atoms with Gasteiger partial charge in [-0.15, -0.1) is 11.3 Å². The number of thiophene rings is 1. The molecular formula is C14H24BrNS. The van der Waals surface area contributed by atoms with Crippen molar-refractivity contribution < 1.29 is 0 Å². The van der Waals surface area contributed by atoms with E-state index in [4.69, 9.17) is 0 Å². The first-order valence-corrected chi connectivity index (χ1v) is 8.23. The van der Waals surface area contributed by atoms with E-state index in [1.807, 2.05) is 11.3 Å². The molecule has 1 aromatic heterocycles. The molecule has 1 heterocycles. The van der Waals surface area contributed by atoms with Crippen LogP contribution in [0.15, 0.2) is 15.9 Å². The maximum absolute atomic E-state index is 3.63. The van der Waals surface area contributed by atoms with E-state index in [2.05, 4.69) is 53.5 Å². The van der Waals surface area contributed by atoms with Crippen molar-refractivity contribution in [3.05, 3.63) is 20.8 Å². The molecule has 1 atom stereocenters. The van der Waals surface area contributed by atoms with Crippen LogP contribution >= 0.6 is 27.3 Å². The summed E-state index contributed by atoms with van der Waals surface area (Å²) in [6.07, 6.45) is 3.73. The van der Waals surface area contributed by atoms with Gasteiger partial charge in [0.1, 0.15) is 0 Å². The smallest absolute Gasteiger partial charge is 0.0314 e. The largest absolute Gasteiger partial charge is 0.316 e. The Hall–Kier alpha value is 0.140. The van der Waals surface area contributed by atoms with E-state index in [0.717, 1.165) is 24.9 Å². The minimum absolute atomic E-state index is 0.761. The molecule has 3 heteroatoms. The van der Waals surface area contributed by atoms with Crippen LogP contribution in [0.3, 0.4) is 0 Å². The molecule has 0 saturated heterocycles. The molecule has 1 unspecified atom stereocenters. The minimum atomic E-state index is 0.761. The Bertz CT molecular complexity index is 309. The van der Waals surface area contributed by atoms with Crippen LogP contribution in [0.5, 0.6) is 0 Å². The first kappa shape index (κ1) is 15.2. The van der Waals surface area contributed by atoms with Crippen LogP contribution in [-0.4, -0.2) is 13.1 Å². The van der Waals surface area contributed by atoms with Gasteiger partial charge in [-0.25, -0.2) is 0 Å². The summed E-state index contributed by atoms with van der Waals surface area (Å²) in [6, 6.07) is 2.16. The first-order valence-electron chi connectivity index (χ1n) is 6.56. The highest BCUT2D eigenvalue weighted by molar-refractivity contribution is 9.10. The summed E-state index contributed by atoms with van der Waals surface area (Å²) in [7, 11) is 0. The third-order valence-electron chi connectivity index (χ3n) is 2.83. The molecule has 17 heavy (non-hydrogen) atoms. The maximum Gasteiger partial charge on any atom is 0.0314 e.